The standard InChI is InChI=1S/C30H38O/c1-4-6-7-12-25-15-17-26(18-16-25)27-19-21-28(22-20-27)29-13-8-9-14-30(29)31-23-10-11-24(3)5-2/h8-9,13-22,24H,4-7,10-12,23H2,1-3H3. The minimum absolute atomic E-state index is 0.775. The van der Waals surface area contributed by atoms with E-state index in [0.717, 1.165) is 24.7 Å². The van der Waals surface area contributed by atoms with Crippen LogP contribution in [0.1, 0.15) is 64.9 Å². The molecule has 0 aliphatic carbocycles. The highest BCUT2D eigenvalue weighted by Gasteiger charge is 2.07. The highest BCUT2D eigenvalue weighted by Crippen LogP contribution is 2.32. The van der Waals surface area contributed by atoms with Crippen LogP contribution < -0.4 is 4.74 Å². The lowest BCUT2D eigenvalue weighted by Crippen LogP contribution is -2.01. The van der Waals surface area contributed by atoms with E-state index in [0.29, 0.717) is 0 Å². The molecule has 1 unspecified atom stereocenters. The van der Waals surface area contributed by atoms with Crippen LogP contribution in [0.3, 0.4) is 0 Å². The fraction of sp³-hybridized carbons (Fsp3) is 0.400. The van der Waals surface area contributed by atoms with E-state index in [1.807, 2.05) is 0 Å². The van der Waals surface area contributed by atoms with Crippen LogP contribution in [0.15, 0.2) is 72.8 Å². The van der Waals surface area contributed by atoms with Crippen molar-refractivity contribution in [1.82, 2.24) is 0 Å². The van der Waals surface area contributed by atoms with E-state index in [1.54, 1.807) is 0 Å². The third-order valence-corrected chi connectivity index (χ3v) is 6.23. The van der Waals surface area contributed by atoms with Crippen molar-refractivity contribution < 1.29 is 4.74 Å². The number of ether oxygens (including phenoxy) is 1. The molecular formula is C30H38O. The van der Waals surface area contributed by atoms with Gasteiger partial charge < -0.3 is 4.74 Å². The van der Waals surface area contributed by atoms with Crippen molar-refractivity contribution >= 4 is 0 Å². The molecule has 3 aromatic rings. The van der Waals surface area contributed by atoms with E-state index in [1.165, 1.54) is 66.3 Å². The fourth-order valence-corrected chi connectivity index (χ4v) is 3.93. The number of unbranched alkanes of at least 4 members (excludes halogenated alkanes) is 2. The van der Waals surface area contributed by atoms with Gasteiger partial charge in [-0.25, -0.2) is 0 Å². The second kappa shape index (κ2) is 12.3. The van der Waals surface area contributed by atoms with Gasteiger partial charge in [0.1, 0.15) is 5.75 Å². The lowest BCUT2D eigenvalue weighted by Gasteiger charge is -2.13. The van der Waals surface area contributed by atoms with Crippen molar-refractivity contribution in [2.75, 3.05) is 6.61 Å². The summed E-state index contributed by atoms with van der Waals surface area (Å²) in [6.07, 6.45) is 8.62. The van der Waals surface area contributed by atoms with Gasteiger partial charge in [-0.1, -0.05) is 107 Å². The van der Waals surface area contributed by atoms with Gasteiger partial charge in [0.25, 0.3) is 0 Å². The second-order valence-electron chi connectivity index (χ2n) is 8.73. The van der Waals surface area contributed by atoms with Crippen LogP contribution in [0.5, 0.6) is 5.75 Å². The maximum Gasteiger partial charge on any atom is 0.127 e. The molecule has 0 spiro atoms. The van der Waals surface area contributed by atoms with Gasteiger partial charge >= 0.3 is 0 Å². The first kappa shape index (κ1) is 23.1. The van der Waals surface area contributed by atoms with Crippen LogP contribution in [0, 0.1) is 5.92 Å². The van der Waals surface area contributed by atoms with Gasteiger partial charge in [-0.3, -0.25) is 0 Å². The van der Waals surface area contributed by atoms with Crippen molar-refractivity contribution in [3.63, 3.8) is 0 Å². The zero-order valence-electron chi connectivity index (χ0n) is 19.6. The van der Waals surface area contributed by atoms with E-state index in [-0.39, 0.29) is 0 Å². The van der Waals surface area contributed by atoms with E-state index in [9.17, 15) is 0 Å². The summed E-state index contributed by atoms with van der Waals surface area (Å²) in [4.78, 5) is 0. The molecule has 164 valence electrons. The first-order chi connectivity index (χ1) is 15.2. The van der Waals surface area contributed by atoms with E-state index in [4.69, 9.17) is 4.74 Å². The Hall–Kier alpha value is -2.54. The van der Waals surface area contributed by atoms with E-state index < -0.39 is 0 Å². The number of para-hydroxylation sites is 1. The average molecular weight is 415 g/mol. The van der Waals surface area contributed by atoms with E-state index in [2.05, 4.69) is 93.6 Å². The third-order valence-electron chi connectivity index (χ3n) is 6.23. The first-order valence-corrected chi connectivity index (χ1v) is 12.1. The molecule has 0 saturated heterocycles. The highest BCUT2D eigenvalue weighted by molar-refractivity contribution is 5.74. The second-order valence-corrected chi connectivity index (χ2v) is 8.73. The van der Waals surface area contributed by atoms with Gasteiger partial charge in [-0.15, -0.1) is 0 Å². The average Bonchev–Trinajstić information content (AvgIpc) is 2.83. The Morgan fingerprint density at radius 1 is 0.710 bits per heavy atom. The quantitative estimate of drug-likeness (QED) is 0.269. The molecule has 0 fully saturated rings. The molecule has 3 aromatic carbocycles. The van der Waals surface area contributed by atoms with Gasteiger partial charge in [-0.05, 0) is 59.9 Å². The van der Waals surface area contributed by atoms with Crippen molar-refractivity contribution in [3.05, 3.63) is 78.4 Å². The maximum absolute atomic E-state index is 6.15. The van der Waals surface area contributed by atoms with Crippen LogP contribution in [0.2, 0.25) is 0 Å². The van der Waals surface area contributed by atoms with Gasteiger partial charge in [0, 0.05) is 5.56 Å². The van der Waals surface area contributed by atoms with Crippen molar-refractivity contribution in [2.24, 2.45) is 5.92 Å². The summed E-state index contributed by atoms with van der Waals surface area (Å²) in [5.41, 5.74) is 6.35. The lowest BCUT2D eigenvalue weighted by atomic mass is 9.98. The monoisotopic (exact) mass is 414 g/mol. The normalized spacial score (nSPS) is 12.0. The van der Waals surface area contributed by atoms with Gasteiger partial charge in [0.05, 0.1) is 6.61 Å². The fourth-order valence-electron chi connectivity index (χ4n) is 3.93. The topological polar surface area (TPSA) is 9.23 Å². The number of aryl methyl sites for hydroxylation is 1. The molecule has 0 amide bonds. The largest absolute Gasteiger partial charge is 0.493 e. The Bertz CT molecular complexity index is 892. The molecule has 0 aliphatic heterocycles. The van der Waals surface area contributed by atoms with Crippen LogP contribution in [0.4, 0.5) is 0 Å². The van der Waals surface area contributed by atoms with E-state index >= 15 is 0 Å². The van der Waals surface area contributed by atoms with Gasteiger partial charge in [0.15, 0.2) is 0 Å². The summed E-state index contributed by atoms with van der Waals surface area (Å²) in [7, 11) is 0. The van der Waals surface area contributed by atoms with Crippen LogP contribution in [-0.4, -0.2) is 6.61 Å². The Kier molecular flexibility index (Phi) is 9.21. The summed E-state index contributed by atoms with van der Waals surface area (Å²) >= 11 is 0. The van der Waals surface area contributed by atoms with Crippen LogP contribution in [0.25, 0.3) is 22.3 Å². The highest BCUT2D eigenvalue weighted by atomic mass is 16.5. The Balaban J connectivity index is 1.65. The molecular weight excluding hydrogens is 376 g/mol. The maximum atomic E-state index is 6.15. The number of hydrogen-bond donors (Lipinski definition) is 0. The summed E-state index contributed by atoms with van der Waals surface area (Å²) in [6, 6.07) is 26.3. The Morgan fingerprint density at radius 3 is 2.03 bits per heavy atom. The molecule has 0 aliphatic rings. The minimum Gasteiger partial charge on any atom is -0.493 e. The molecule has 0 N–H and O–H groups in total. The van der Waals surface area contributed by atoms with Crippen LogP contribution >= 0.6 is 0 Å². The molecule has 0 aromatic heterocycles. The summed E-state index contributed by atoms with van der Waals surface area (Å²) in [5, 5.41) is 0. The molecule has 0 bridgehead atoms. The smallest absolute Gasteiger partial charge is 0.127 e. The molecule has 0 heterocycles. The molecule has 1 nitrogen and oxygen atoms in total. The summed E-state index contributed by atoms with van der Waals surface area (Å²) < 4.78 is 6.15. The zero-order valence-corrected chi connectivity index (χ0v) is 19.6. The lowest BCUT2D eigenvalue weighted by molar-refractivity contribution is 0.295. The Labute approximate surface area is 189 Å². The summed E-state index contributed by atoms with van der Waals surface area (Å²) in [5.74, 6) is 1.76. The summed E-state index contributed by atoms with van der Waals surface area (Å²) in [6.45, 7) is 7.61. The minimum atomic E-state index is 0.775. The molecule has 0 saturated carbocycles. The van der Waals surface area contributed by atoms with Crippen molar-refractivity contribution in [2.45, 2.75) is 65.7 Å². The third kappa shape index (κ3) is 6.99. The molecule has 1 heteroatoms. The van der Waals surface area contributed by atoms with Gasteiger partial charge in [0.2, 0.25) is 0 Å². The van der Waals surface area contributed by atoms with Crippen molar-refractivity contribution in [1.29, 1.82) is 0 Å². The van der Waals surface area contributed by atoms with Crippen LogP contribution in [-0.2, 0) is 6.42 Å². The SMILES string of the molecule is CCCCCc1ccc(-c2ccc(-c3ccccc3OCCCC(C)CC)cc2)cc1. The zero-order chi connectivity index (χ0) is 21.9. The molecule has 3 rings (SSSR count). The van der Waals surface area contributed by atoms with Crippen molar-refractivity contribution in [3.8, 4) is 28.0 Å². The molecule has 0 radical (unpaired) electrons. The predicted molar refractivity (Wildman–Crippen MR) is 135 cm³/mol. The number of benzene rings is 3. The Morgan fingerprint density at radius 2 is 1.35 bits per heavy atom. The molecule has 31 heavy (non-hydrogen) atoms. The predicted octanol–water partition coefficient (Wildman–Crippen LogP) is 8.96. The number of rotatable bonds is 12. The molecule has 1 atom stereocenters. The first-order valence-electron chi connectivity index (χ1n) is 12.1. The number of hydrogen-bond acceptors (Lipinski definition) is 1. The van der Waals surface area contributed by atoms with Gasteiger partial charge in [-0.2, -0.15) is 0 Å².